The molecular formula is C21H21N9OS. The highest BCUT2D eigenvalue weighted by Gasteiger charge is 2.15. The number of nitrogens with zero attached hydrogens (tertiary/aromatic N) is 7. The number of aryl methyl sites for hydroxylation is 1. The normalized spacial score (nSPS) is 13.8. The second-order valence-corrected chi connectivity index (χ2v) is 8.16. The van der Waals surface area contributed by atoms with Gasteiger partial charge in [-0.1, -0.05) is 17.4 Å². The van der Waals surface area contributed by atoms with Gasteiger partial charge < -0.3 is 15.4 Å². The molecule has 0 unspecified atom stereocenters. The van der Waals surface area contributed by atoms with E-state index in [1.165, 1.54) is 0 Å². The van der Waals surface area contributed by atoms with Gasteiger partial charge in [0.25, 0.3) is 0 Å². The third kappa shape index (κ3) is 4.34. The summed E-state index contributed by atoms with van der Waals surface area (Å²) < 4.78 is 5.40. The van der Waals surface area contributed by atoms with E-state index in [1.54, 1.807) is 29.8 Å². The molecule has 0 aliphatic carbocycles. The number of morpholine rings is 1. The van der Waals surface area contributed by atoms with E-state index in [-0.39, 0.29) is 0 Å². The van der Waals surface area contributed by atoms with Gasteiger partial charge in [0.05, 0.1) is 30.7 Å². The number of nitrogens with two attached hydrogens (primary N) is 1. The maximum Gasteiger partial charge on any atom is 0.230 e. The van der Waals surface area contributed by atoms with E-state index in [1.807, 2.05) is 31.3 Å². The molecular weight excluding hydrogens is 426 g/mol. The number of pyridine rings is 1. The second-order valence-electron chi connectivity index (χ2n) is 7.15. The number of rotatable bonds is 5. The Bertz CT molecular complexity index is 1240. The summed E-state index contributed by atoms with van der Waals surface area (Å²) in [6, 6.07) is 7.50. The minimum absolute atomic E-state index is 0.314. The van der Waals surface area contributed by atoms with Crippen molar-refractivity contribution in [1.82, 2.24) is 29.9 Å². The Kier molecular flexibility index (Phi) is 5.57. The van der Waals surface area contributed by atoms with Gasteiger partial charge in [0.1, 0.15) is 16.5 Å². The van der Waals surface area contributed by atoms with Gasteiger partial charge in [0.2, 0.25) is 5.95 Å². The molecule has 11 heteroatoms. The van der Waals surface area contributed by atoms with Crippen molar-refractivity contribution in [2.75, 3.05) is 42.3 Å². The van der Waals surface area contributed by atoms with Crippen molar-refractivity contribution in [1.29, 1.82) is 0 Å². The van der Waals surface area contributed by atoms with Crippen molar-refractivity contribution in [3.05, 3.63) is 48.5 Å². The van der Waals surface area contributed by atoms with E-state index in [2.05, 4.69) is 40.1 Å². The van der Waals surface area contributed by atoms with Crippen LogP contribution >= 0.6 is 11.3 Å². The van der Waals surface area contributed by atoms with E-state index < -0.39 is 0 Å². The van der Waals surface area contributed by atoms with Crippen LogP contribution in [0.3, 0.4) is 0 Å². The van der Waals surface area contributed by atoms with E-state index >= 15 is 0 Å². The number of anilines is 4. The Hall–Kier alpha value is -3.70. The first-order valence-electron chi connectivity index (χ1n) is 10.1. The lowest BCUT2D eigenvalue weighted by atomic mass is 10.2. The predicted octanol–water partition coefficient (Wildman–Crippen LogP) is 2.92. The first kappa shape index (κ1) is 20.2. The number of aromatic nitrogens is 6. The zero-order valence-corrected chi connectivity index (χ0v) is 18.2. The van der Waals surface area contributed by atoms with Crippen LogP contribution in [-0.4, -0.2) is 56.2 Å². The van der Waals surface area contributed by atoms with E-state index in [9.17, 15) is 0 Å². The Morgan fingerprint density at radius 2 is 1.88 bits per heavy atom. The van der Waals surface area contributed by atoms with Crippen molar-refractivity contribution in [2.24, 2.45) is 0 Å². The van der Waals surface area contributed by atoms with Crippen molar-refractivity contribution in [3.63, 3.8) is 0 Å². The minimum atomic E-state index is 0.314. The second kappa shape index (κ2) is 8.81. The zero-order chi connectivity index (χ0) is 21.9. The summed E-state index contributed by atoms with van der Waals surface area (Å²) in [5.74, 6) is 1.21. The highest BCUT2D eigenvalue weighted by atomic mass is 32.1. The first-order chi connectivity index (χ1) is 15.7. The molecule has 5 rings (SSSR count). The fraction of sp³-hybridized carbons (Fsp3) is 0.238. The molecule has 5 heterocycles. The van der Waals surface area contributed by atoms with Crippen molar-refractivity contribution >= 4 is 33.2 Å². The van der Waals surface area contributed by atoms with Gasteiger partial charge in [0.15, 0.2) is 11.0 Å². The van der Waals surface area contributed by atoms with Gasteiger partial charge in [0, 0.05) is 31.2 Å². The van der Waals surface area contributed by atoms with E-state index in [0.717, 1.165) is 37.0 Å². The smallest absolute Gasteiger partial charge is 0.230 e. The third-order valence-electron chi connectivity index (χ3n) is 4.90. The van der Waals surface area contributed by atoms with E-state index in [4.69, 9.17) is 10.5 Å². The average Bonchev–Trinajstić information content (AvgIpc) is 3.28. The highest BCUT2D eigenvalue weighted by Crippen LogP contribution is 2.30. The first-order valence-corrected chi connectivity index (χ1v) is 10.9. The van der Waals surface area contributed by atoms with Crippen molar-refractivity contribution < 1.29 is 4.74 Å². The average molecular weight is 448 g/mol. The molecule has 162 valence electrons. The summed E-state index contributed by atoms with van der Waals surface area (Å²) in [5.41, 5.74) is 9.09. The monoisotopic (exact) mass is 447 g/mol. The number of nitrogen functional groups attached to an aromatic ring is 1. The fourth-order valence-corrected chi connectivity index (χ4v) is 4.16. The summed E-state index contributed by atoms with van der Waals surface area (Å²) in [6.07, 6.45) is 5.17. The van der Waals surface area contributed by atoms with Gasteiger partial charge in [-0.05, 0) is 25.1 Å². The molecule has 4 aromatic heterocycles. The molecule has 0 aromatic carbocycles. The van der Waals surface area contributed by atoms with Crippen molar-refractivity contribution in [3.8, 4) is 22.8 Å². The molecule has 0 amide bonds. The SMILES string of the molecule is Cc1cccc(-c2nccc(-c3cnc(Nc4ncc(N5CCOCC5)s4)nc3N)n2)n1. The largest absolute Gasteiger partial charge is 0.383 e. The topological polar surface area (TPSA) is 128 Å². The van der Waals surface area contributed by atoms with Gasteiger partial charge in [-0.2, -0.15) is 4.98 Å². The standard InChI is InChI=1S/C21H21N9OS/c1-13-3-2-4-16(26-13)19-23-6-5-15(27-19)14-11-24-20(28-18(14)22)29-21-25-12-17(32-21)30-7-9-31-10-8-30/h2-6,11-12H,7-10H2,1H3,(H3,22,24,25,28,29). The molecule has 10 nitrogen and oxygen atoms in total. The lowest BCUT2D eigenvalue weighted by Crippen LogP contribution is -2.35. The van der Waals surface area contributed by atoms with Crippen LogP contribution in [0.1, 0.15) is 5.69 Å². The molecule has 0 radical (unpaired) electrons. The number of nitrogens with one attached hydrogen (secondary N) is 1. The van der Waals surface area contributed by atoms with E-state index in [0.29, 0.717) is 39.7 Å². The van der Waals surface area contributed by atoms with Crippen LogP contribution in [0.2, 0.25) is 0 Å². The molecule has 0 bridgehead atoms. The lowest BCUT2D eigenvalue weighted by Gasteiger charge is -2.26. The minimum Gasteiger partial charge on any atom is -0.383 e. The third-order valence-corrected chi connectivity index (χ3v) is 5.88. The van der Waals surface area contributed by atoms with Crippen LogP contribution in [0, 0.1) is 6.92 Å². The van der Waals surface area contributed by atoms with Crippen molar-refractivity contribution in [2.45, 2.75) is 6.92 Å². The summed E-state index contributed by atoms with van der Waals surface area (Å²) in [4.78, 5) is 28.9. The van der Waals surface area contributed by atoms with Crippen LogP contribution in [0.25, 0.3) is 22.8 Å². The molecule has 1 aliphatic heterocycles. The van der Waals surface area contributed by atoms with Gasteiger partial charge in [-0.15, -0.1) is 0 Å². The summed E-state index contributed by atoms with van der Waals surface area (Å²) >= 11 is 1.54. The lowest BCUT2D eigenvalue weighted by molar-refractivity contribution is 0.123. The summed E-state index contributed by atoms with van der Waals surface area (Å²) in [7, 11) is 0. The molecule has 0 spiro atoms. The Labute approximate surface area is 188 Å². The Balaban J connectivity index is 1.35. The molecule has 3 N–H and O–H groups in total. The Morgan fingerprint density at radius 3 is 2.69 bits per heavy atom. The molecule has 1 saturated heterocycles. The molecule has 0 saturated carbocycles. The summed E-state index contributed by atoms with van der Waals surface area (Å²) in [6.45, 7) is 5.10. The van der Waals surface area contributed by atoms with Crippen LogP contribution in [-0.2, 0) is 4.74 Å². The van der Waals surface area contributed by atoms with Crippen LogP contribution in [0.4, 0.5) is 21.9 Å². The number of hydrogen-bond donors (Lipinski definition) is 2. The zero-order valence-electron chi connectivity index (χ0n) is 17.4. The predicted molar refractivity (Wildman–Crippen MR) is 124 cm³/mol. The fourth-order valence-electron chi connectivity index (χ4n) is 3.30. The quantitative estimate of drug-likeness (QED) is 0.471. The molecule has 1 fully saturated rings. The number of thiazole rings is 1. The van der Waals surface area contributed by atoms with Gasteiger partial charge in [-0.3, -0.25) is 5.32 Å². The molecule has 4 aromatic rings. The van der Waals surface area contributed by atoms with Gasteiger partial charge in [-0.25, -0.2) is 24.9 Å². The molecule has 1 aliphatic rings. The van der Waals surface area contributed by atoms with Crippen LogP contribution in [0.15, 0.2) is 42.9 Å². The molecule has 32 heavy (non-hydrogen) atoms. The van der Waals surface area contributed by atoms with Gasteiger partial charge >= 0.3 is 0 Å². The molecule has 0 atom stereocenters. The maximum atomic E-state index is 6.24. The highest BCUT2D eigenvalue weighted by molar-refractivity contribution is 7.19. The maximum absolute atomic E-state index is 6.24. The number of hydrogen-bond acceptors (Lipinski definition) is 11. The Morgan fingerprint density at radius 1 is 1.00 bits per heavy atom. The van der Waals surface area contributed by atoms with Crippen LogP contribution < -0.4 is 16.0 Å². The summed E-state index contributed by atoms with van der Waals surface area (Å²) in [5, 5.41) is 4.92. The number of ether oxygens (including phenoxy) is 1. The van der Waals surface area contributed by atoms with Crippen LogP contribution in [0.5, 0.6) is 0 Å².